The van der Waals surface area contributed by atoms with Gasteiger partial charge < -0.3 is 11.1 Å². The number of rotatable bonds is 4. The van der Waals surface area contributed by atoms with Gasteiger partial charge in [-0.2, -0.15) is 5.10 Å². The Hall–Kier alpha value is -5.82. The smallest absolute Gasteiger partial charge is 0.267 e. The van der Waals surface area contributed by atoms with E-state index >= 15 is 0 Å². The van der Waals surface area contributed by atoms with Crippen LogP contribution in [0.25, 0.3) is 27.5 Å². The fraction of sp³-hybridized carbons (Fsp3) is 0.0968. The number of nitrogen functional groups attached to an aromatic ring is 1. The summed E-state index contributed by atoms with van der Waals surface area (Å²) < 4.78 is 3.17. The minimum absolute atomic E-state index is 0.0599. The molecule has 0 radical (unpaired) electrons. The molecule has 0 aliphatic carbocycles. The molecule has 41 heavy (non-hydrogen) atoms. The van der Waals surface area contributed by atoms with Crippen LogP contribution >= 0.6 is 0 Å². The molecule has 10 nitrogen and oxygen atoms in total. The van der Waals surface area contributed by atoms with Crippen LogP contribution in [0.1, 0.15) is 40.3 Å². The quantitative estimate of drug-likeness (QED) is 0.327. The maximum Gasteiger partial charge on any atom is 0.267 e. The van der Waals surface area contributed by atoms with Crippen molar-refractivity contribution >= 4 is 33.5 Å². The number of anilines is 1. The van der Waals surface area contributed by atoms with E-state index in [0.29, 0.717) is 38.9 Å². The van der Waals surface area contributed by atoms with Gasteiger partial charge in [-0.25, -0.2) is 9.97 Å². The molecular weight excluding hydrogens is 516 g/mol. The van der Waals surface area contributed by atoms with Crippen molar-refractivity contribution in [3.8, 4) is 17.5 Å². The number of fused-ring (bicyclic) bond motifs is 2. The molecule has 4 aromatic heterocycles. The summed E-state index contributed by atoms with van der Waals surface area (Å²) in [6.07, 6.45) is 6.63. The second-order valence-electron chi connectivity index (χ2n) is 9.45. The maximum absolute atomic E-state index is 14.2. The minimum Gasteiger partial charge on any atom is -0.383 e. The summed E-state index contributed by atoms with van der Waals surface area (Å²) in [5, 5.41) is 8.16. The molecule has 0 bridgehead atoms. The highest BCUT2D eigenvalue weighted by Crippen LogP contribution is 2.23. The molecule has 1 amide bonds. The zero-order chi connectivity index (χ0) is 28.5. The van der Waals surface area contributed by atoms with Crippen LogP contribution in [0.4, 0.5) is 5.82 Å². The number of hydrogen-bond donors (Lipinski definition) is 2. The highest BCUT2D eigenvalue weighted by Gasteiger charge is 2.23. The molecule has 4 heterocycles. The van der Waals surface area contributed by atoms with E-state index in [1.165, 1.54) is 4.57 Å². The van der Waals surface area contributed by atoms with Gasteiger partial charge in [0, 0.05) is 36.6 Å². The van der Waals surface area contributed by atoms with Gasteiger partial charge in [0.1, 0.15) is 17.2 Å². The van der Waals surface area contributed by atoms with Crippen molar-refractivity contribution in [3.05, 3.63) is 118 Å². The summed E-state index contributed by atoms with van der Waals surface area (Å²) in [6, 6.07) is 17.4. The lowest BCUT2D eigenvalue weighted by Gasteiger charge is -2.20. The number of aryl methyl sites for hydroxylation is 1. The average molecular weight is 541 g/mol. The molecule has 6 aromatic rings. The van der Waals surface area contributed by atoms with E-state index in [2.05, 4.69) is 32.2 Å². The number of aromatic nitrogens is 6. The van der Waals surface area contributed by atoms with Gasteiger partial charge in [0.25, 0.3) is 11.5 Å². The van der Waals surface area contributed by atoms with Gasteiger partial charge in [-0.3, -0.25) is 23.8 Å². The number of nitrogens with zero attached hydrogens (tertiary/aromatic N) is 6. The van der Waals surface area contributed by atoms with Crippen LogP contribution in [0.5, 0.6) is 0 Å². The van der Waals surface area contributed by atoms with Crippen LogP contribution in [0.15, 0.2) is 90.2 Å². The molecule has 10 heteroatoms. The van der Waals surface area contributed by atoms with Crippen LogP contribution in [-0.2, 0) is 7.05 Å². The molecular formula is C31H24N8O2. The average Bonchev–Trinajstić information content (AvgIpc) is 3.40. The van der Waals surface area contributed by atoms with Gasteiger partial charge in [0.15, 0.2) is 0 Å². The monoisotopic (exact) mass is 540 g/mol. The Morgan fingerprint density at radius 1 is 1.00 bits per heavy atom. The normalized spacial score (nSPS) is 11.7. The van der Waals surface area contributed by atoms with Gasteiger partial charge in [-0.05, 0) is 43.3 Å². The molecule has 0 saturated heterocycles. The lowest BCUT2D eigenvalue weighted by Crippen LogP contribution is -2.34. The highest BCUT2D eigenvalue weighted by atomic mass is 16.2. The van der Waals surface area contributed by atoms with E-state index in [4.69, 9.17) is 10.7 Å². The molecule has 0 saturated carbocycles. The molecule has 0 spiro atoms. The lowest BCUT2D eigenvalue weighted by molar-refractivity contribution is 0.0940. The van der Waals surface area contributed by atoms with Crippen molar-refractivity contribution in [1.29, 1.82) is 0 Å². The number of carbonyl (C=O) groups is 1. The van der Waals surface area contributed by atoms with Gasteiger partial charge in [0.05, 0.1) is 39.9 Å². The largest absolute Gasteiger partial charge is 0.383 e. The number of pyridine rings is 2. The van der Waals surface area contributed by atoms with Crippen molar-refractivity contribution < 1.29 is 4.79 Å². The van der Waals surface area contributed by atoms with Crippen LogP contribution < -0.4 is 16.6 Å². The molecule has 1 atom stereocenters. The topological polar surface area (TPSA) is 134 Å². The summed E-state index contributed by atoms with van der Waals surface area (Å²) in [5.74, 6) is 6.11. The fourth-order valence-electron chi connectivity index (χ4n) is 4.71. The van der Waals surface area contributed by atoms with E-state index in [9.17, 15) is 9.59 Å². The summed E-state index contributed by atoms with van der Waals surface area (Å²) in [5.41, 5.74) is 8.74. The third-order valence-corrected chi connectivity index (χ3v) is 6.62. The van der Waals surface area contributed by atoms with E-state index in [1.54, 1.807) is 60.7 Å². The van der Waals surface area contributed by atoms with Crippen molar-refractivity contribution in [3.63, 3.8) is 0 Å². The van der Waals surface area contributed by atoms with Crippen LogP contribution in [-0.4, -0.2) is 35.2 Å². The predicted molar refractivity (Wildman–Crippen MR) is 156 cm³/mol. The van der Waals surface area contributed by atoms with Crippen molar-refractivity contribution in [2.75, 3.05) is 5.73 Å². The number of benzene rings is 2. The van der Waals surface area contributed by atoms with Crippen LogP contribution in [0, 0.1) is 11.8 Å². The Morgan fingerprint density at radius 2 is 1.83 bits per heavy atom. The van der Waals surface area contributed by atoms with E-state index < -0.39 is 11.9 Å². The molecule has 0 fully saturated rings. The zero-order valence-electron chi connectivity index (χ0n) is 22.2. The Bertz CT molecular complexity index is 2070. The first-order chi connectivity index (χ1) is 19.9. The molecule has 6 rings (SSSR count). The molecule has 200 valence electrons. The van der Waals surface area contributed by atoms with Gasteiger partial charge in [-0.15, -0.1) is 0 Å². The molecule has 0 unspecified atom stereocenters. The van der Waals surface area contributed by atoms with E-state index in [-0.39, 0.29) is 16.9 Å². The first kappa shape index (κ1) is 25.5. The third-order valence-electron chi connectivity index (χ3n) is 6.62. The Morgan fingerprint density at radius 3 is 2.61 bits per heavy atom. The summed E-state index contributed by atoms with van der Waals surface area (Å²) in [4.78, 5) is 41.1. The van der Waals surface area contributed by atoms with Crippen molar-refractivity contribution in [1.82, 2.24) is 34.6 Å². The predicted octanol–water partition coefficient (Wildman–Crippen LogP) is 3.54. The number of amides is 1. The minimum atomic E-state index is -0.691. The lowest BCUT2D eigenvalue weighted by atomic mass is 10.1. The number of nitrogens with one attached hydrogen (secondary N) is 1. The van der Waals surface area contributed by atoms with Crippen LogP contribution in [0.3, 0.4) is 0 Å². The number of para-hydroxylation sites is 1. The Kier molecular flexibility index (Phi) is 6.45. The molecule has 0 aliphatic heterocycles. The fourth-order valence-corrected chi connectivity index (χ4v) is 4.71. The van der Waals surface area contributed by atoms with E-state index in [0.717, 1.165) is 5.56 Å². The maximum atomic E-state index is 14.2. The standard InChI is InChI=1S/C31H24N8O2/c1-19(36-30(40)26-27-22(9-7-15-33-27)17-34-28(26)32)29-37-24-12-6-8-21(14-13-20-16-35-38(2)18-20)25(24)31(41)39(29)23-10-4-3-5-11-23/h3-12,15-19H,1-2H3,(H2,32,34)(H,36,40)/t19-/m0/s1. The van der Waals surface area contributed by atoms with E-state index in [1.807, 2.05) is 43.4 Å². The molecule has 2 aromatic carbocycles. The number of hydrogen-bond acceptors (Lipinski definition) is 7. The Balaban J connectivity index is 1.48. The zero-order valence-corrected chi connectivity index (χ0v) is 22.2. The van der Waals surface area contributed by atoms with Crippen molar-refractivity contribution in [2.24, 2.45) is 7.05 Å². The Labute approximate surface area is 234 Å². The first-order valence-corrected chi connectivity index (χ1v) is 12.8. The van der Waals surface area contributed by atoms with Crippen molar-refractivity contribution in [2.45, 2.75) is 13.0 Å². The SMILES string of the molecule is C[C@H](NC(=O)c1c(N)ncc2cccnc12)c1nc2cccc(C#Cc3cnn(C)c3)c2c(=O)n1-c1ccccc1. The number of nitrogens with two attached hydrogens (primary N) is 1. The molecule has 3 N–H and O–H groups in total. The summed E-state index contributed by atoms with van der Waals surface area (Å²) >= 11 is 0. The summed E-state index contributed by atoms with van der Waals surface area (Å²) in [6.45, 7) is 1.76. The molecule has 0 aliphatic rings. The second-order valence-corrected chi connectivity index (χ2v) is 9.45. The summed E-state index contributed by atoms with van der Waals surface area (Å²) in [7, 11) is 1.81. The third kappa shape index (κ3) is 4.77. The van der Waals surface area contributed by atoms with Gasteiger partial charge in [0.2, 0.25) is 0 Å². The second kappa shape index (κ2) is 10.4. The highest BCUT2D eigenvalue weighted by molar-refractivity contribution is 6.09. The first-order valence-electron chi connectivity index (χ1n) is 12.8. The van der Waals surface area contributed by atoms with Gasteiger partial charge >= 0.3 is 0 Å². The van der Waals surface area contributed by atoms with Gasteiger partial charge in [-0.1, -0.05) is 36.1 Å². The van der Waals surface area contributed by atoms with Crippen LogP contribution in [0.2, 0.25) is 0 Å². The number of carbonyl (C=O) groups excluding carboxylic acids is 1.